The number of rotatable bonds is 4. The van der Waals surface area contributed by atoms with Crippen molar-refractivity contribution in [1.29, 1.82) is 0 Å². The van der Waals surface area contributed by atoms with Crippen molar-refractivity contribution in [2.75, 3.05) is 19.7 Å². The number of nitrogens with zero attached hydrogens (tertiary/aromatic N) is 1. The van der Waals surface area contributed by atoms with E-state index in [1.54, 1.807) is 17.4 Å². The molecule has 3 nitrogen and oxygen atoms in total. The molecule has 1 aromatic carbocycles. The molecule has 0 bridgehead atoms. The molecular weight excluding hydrogens is 423 g/mol. The number of carbonyl (C=O) groups excluding carboxylic acids is 1. The van der Waals surface area contributed by atoms with Crippen LogP contribution in [0.4, 0.5) is 13.2 Å². The number of carbonyl (C=O) groups is 1. The highest BCUT2D eigenvalue weighted by molar-refractivity contribution is 7.14. The fraction of sp³-hybridized carbons (Fsp3) is 0.542. The summed E-state index contributed by atoms with van der Waals surface area (Å²) in [5, 5.41) is 10.1. The number of alkyl halides is 3. The predicted octanol–water partition coefficient (Wildman–Crippen LogP) is 5.49. The van der Waals surface area contributed by atoms with Crippen LogP contribution in [0, 0.1) is 5.41 Å². The van der Waals surface area contributed by atoms with E-state index in [4.69, 9.17) is 0 Å². The Kier molecular flexibility index (Phi) is 6.44. The number of benzene rings is 1. The van der Waals surface area contributed by atoms with E-state index in [0.29, 0.717) is 37.9 Å². The maximum absolute atomic E-state index is 13.1. The van der Waals surface area contributed by atoms with Crippen LogP contribution in [0.25, 0.3) is 0 Å². The van der Waals surface area contributed by atoms with Crippen LogP contribution in [0.3, 0.4) is 0 Å². The Morgan fingerprint density at radius 2 is 1.84 bits per heavy atom. The van der Waals surface area contributed by atoms with E-state index in [0.717, 1.165) is 23.8 Å². The summed E-state index contributed by atoms with van der Waals surface area (Å²) in [7, 11) is 0. The molecule has 1 saturated heterocycles. The lowest BCUT2D eigenvalue weighted by Crippen LogP contribution is -2.45. The minimum Gasteiger partial charge on any atom is -0.396 e. The van der Waals surface area contributed by atoms with E-state index in [1.165, 1.54) is 41.8 Å². The second-order valence-corrected chi connectivity index (χ2v) is 10.1. The third-order valence-corrected chi connectivity index (χ3v) is 7.96. The molecule has 1 N–H and O–H groups in total. The number of fused-ring (bicyclic) bond motifs is 1. The van der Waals surface area contributed by atoms with Crippen LogP contribution in [0.2, 0.25) is 0 Å². The number of aryl methyl sites for hydroxylation is 2. The quantitative estimate of drug-likeness (QED) is 0.624. The highest BCUT2D eigenvalue weighted by atomic mass is 32.1. The van der Waals surface area contributed by atoms with Crippen LogP contribution in [-0.4, -0.2) is 35.6 Å². The van der Waals surface area contributed by atoms with Crippen LogP contribution in [-0.2, 0) is 25.4 Å². The van der Waals surface area contributed by atoms with E-state index in [1.807, 2.05) is 4.90 Å². The summed E-state index contributed by atoms with van der Waals surface area (Å²) in [5.74, 6) is 0.0451. The van der Waals surface area contributed by atoms with Gasteiger partial charge in [-0.25, -0.2) is 0 Å². The summed E-state index contributed by atoms with van der Waals surface area (Å²) in [4.78, 5) is 17.0. The number of piperidine rings is 1. The molecular formula is C24H28F3NO2S. The predicted molar refractivity (Wildman–Crippen MR) is 115 cm³/mol. The number of amides is 1. The van der Waals surface area contributed by atoms with Crippen molar-refractivity contribution < 1.29 is 23.1 Å². The van der Waals surface area contributed by atoms with Crippen molar-refractivity contribution in [3.8, 4) is 0 Å². The van der Waals surface area contributed by atoms with Crippen molar-refractivity contribution >= 4 is 17.2 Å². The molecule has 1 aliphatic heterocycles. The lowest BCUT2D eigenvalue weighted by atomic mass is 9.74. The normalized spacial score (nSPS) is 19.0. The molecule has 1 amide bonds. The van der Waals surface area contributed by atoms with Crippen LogP contribution in [0.15, 0.2) is 30.3 Å². The van der Waals surface area contributed by atoms with Crippen LogP contribution < -0.4 is 0 Å². The first-order valence-corrected chi connectivity index (χ1v) is 11.8. The largest absolute Gasteiger partial charge is 0.416 e. The summed E-state index contributed by atoms with van der Waals surface area (Å²) in [6.07, 6.45) is 2.86. The zero-order chi connectivity index (χ0) is 22.1. The van der Waals surface area contributed by atoms with Gasteiger partial charge >= 0.3 is 6.18 Å². The van der Waals surface area contributed by atoms with Gasteiger partial charge in [0.25, 0.3) is 5.91 Å². The standard InChI is InChI=1S/C24H28F3NO2S/c25-24(26,27)19-7-4-5-17(13-19)15-23(16-29)9-11-28(12-10-23)22(30)21-14-18-6-2-1-3-8-20(18)31-21/h4-5,7,13-14,29H,1-3,6,8-12,15-16H2. The fourth-order valence-electron chi connectivity index (χ4n) is 4.79. The van der Waals surface area contributed by atoms with Gasteiger partial charge in [-0.2, -0.15) is 13.2 Å². The third kappa shape index (κ3) is 4.98. The topological polar surface area (TPSA) is 40.5 Å². The van der Waals surface area contributed by atoms with Gasteiger partial charge in [0.2, 0.25) is 0 Å². The van der Waals surface area contributed by atoms with Crippen molar-refractivity contribution in [2.45, 2.75) is 57.5 Å². The Bertz CT molecular complexity index is 906. The molecule has 0 saturated carbocycles. The molecule has 4 rings (SSSR count). The van der Waals surface area contributed by atoms with Crippen LogP contribution in [0.1, 0.15) is 63.3 Å². The van der Waals surface area contributed by atoms with E-state index < -0.39 is 17.2 Å². The first-order valence-electron chi connectivity index (χ1n) is 11.0. The van der Waals surface area contributed by atoms with Gasteiger partial charge in [0.05, 0.1) is 10.4 Å². The summed E-state index contributed by atoms with van der Waals surface area (Å²) in [6.45, 7) is 0.931. The van der Waals surface area contributed by atoms with E-state index in [2.05, 4.69) is 6.07 Å². The molecule has 0 unspecified atom stereocenters. The van der Waals surface area contributed by atoms with Gasteiger partial charge < -0.3 is 10.0 Å². The monoisotopic (exact) mass is 451 g/mol. The highest BCUT2D eigenvalue weighted by Gasteiger charge is 2.37. The van der Waals surface area contributed by atoms with Gasteiger partial charge in [0.1, 0.15) is 0 Å². The summed E-state index contributed by atoms with van der Waals surface area (Å²) in [6, 6.07) is 7.41. The Labute approximate surface area is 184 Å². The number of thiophene rings is 1. The molecule has 2 heterocycles. The second-order valence-electron chi connectivity index (χ2n) is 8.94. The Morgan fingerprint density at radius 3 is 2.55 bits per heavy atom. The van der Waals surface area contributed by atoms with Crippen molar-refractivity contribution in [1.82, 2.24) is 4.90 Å². The molecule has 0 radical (unpaired) electrons. The minimum absolute atomic E-state index is 0.0451. The van der Waals surface area contributed by atoms with Gasteiger partial charge in [0.15, 0.2) is 0 Å². The third-order valence-electron chi connectivity index (χ3n) is 6.74. The van der Waals surface area contributed by atoms with E-state index in [-0.39, 0.29) is 12.5 Å². The molecule has 168 valence electrons. The molecule has 0 atom stereocenters. The Balaban J connectivity index is 1.42. The molecule has 2 aliphatic rings. The number of hydrogen-bond acceptors (Lipinski definition) is 3. The molecule has 1 aliphatic carbocycles. The number of aliphatic hydroxyl groups is 1. The van der Waals surface area contributed by atoms with Crippen molar-refractivity contribution in [3.63, 3.8) is 0 Å². The van der Waals surface area contributed by atoms with E-state index >= 15 is 0 Å². The Morgan fingerprint density at radius 1 is 1.10 bits per heavy atom. The van der Waals surface area contributed by atoms with Gasteiger partial charge in [-0.15, -0.1) is 11.3 Å². The lowest BCUT2D eigenvalue weighted by Gasteiger charge is -2.41. The van der Waals surface area contributed by atoms with Crippen molar-refractivity contribution in [3.05, 3.63) is 56.8 Å². The number of hydrogen-bond donors (Lipinski definition) is 1. The summed E-state index contributed by atoms with van der Waals surface area (Å²) in [5.41, 5.74) is 0.735. The molecule has 1 aromatic heterocycles. The zero-order valence-electron chi connectivity index (χ0n) is 17.5. The average molecular weight is 452 g/mol. The zero-order valence-corrected chi connectivity index (χ0v) is 18.3. The van der Waals surface area contributed by atoms with Crippen molar-refractivity contribution in [2.24, 2.45) is 5.41 Å². The first kappa shape index (κ1) is 22.3. The molecule has 1 fully saturated rings. The summed E-state index contributed by atoms with van der Waals surface area (Å²) < 4.78 is 39.1. The second kappa shape index (κ2) is 8.94. The first-order chi connectivity index (χ1) is 14.8. The summed E-state index contributed by atoms with van der Waals surface area (Å²) >= 11 is 1.62. The smallest absolute Gasteiger partial charge is 0.396 e. The SMILES string of the molecule is O=C(c1cc2c(s1)CCCCC2)N1CCC(CO)(Cc2cccc(C(F)(F)F)c2)CC1. The van der Waals surface area contributed by atoms with Crippen LogP contribution in [0.5, 0.6) is 0 Å². The number of halogens is 3. The number of aliphatic hydroxyl groups excluding tert-OH is 1. The number of likely N-dealkylation sites (tertiary alicyclic amines) is 1. The highest BCUT2D eigenvalue weighted by Crippen LogP contribution is 2.38. The maximum Gasteiger partial charge on any atom is 0.416 e. The fourth-order valence-corrected chi connectivity index (χ4v) is 6.02. The minimum atomic E-state index is -4.38. The molecule has 0 spiro atoms. The molecule has 31 heavy (non-hydrogen) atoms. The average Bonchev–Trinajstić information content (AvgIpc) is 3.04. The Hall–Kier alpha value is -1.86. The molecule has 7 heteroatoms. The van der Waals surface area contributed by atoms with Gasteiger partial charge in [-0.3, -0.25) is 4.79 Å². The lowest BCUT2D eigenvalue weighted by molar-refractivity contribution is -0.137. The molecule has 2 aromatic rings. The van der Waals surface area contributed by atoms with Gasteiger partial charge in [-0.1, -0.05) is 24.6 Å². The maximum atomic E-state index is 13.1. The van der Waals surface area contributed by atoms with Gasteiger partial charge in [-0.05, 0) is 68.2 Å². The van der Waals surface area contributed by atoms with E-state index in [9.17, 15) is 23.1 Å². The van der Waals surface area contributed by atoms with Crippen LogP contribution >= 0.6 is 11.3 Å². The van der Waals surface area contributed by atoms with Gasteiger partial charge in [0, 0.05) is 30.0 Å².